The number of pyridine rings is 1. The van der Waals surface area contributed by atoms with Gasteiger partial charge in [0.1, 0.15) is 24.2 Å². The number of ketones is 1. The van der Waals surface area contributed by atoms with E-state index in [-0.39, 0.29) is 18.3 Å². The highest BCUT2D eigenvalue weighted by atomic mass is 35.5. The maximum atomic E-state index is 12.0. The Morgan fingerprint density at radius 1 is 1.13 bits per heavy atom. The molecule has 1 aromatic heterocycles. The number of likely N-dealkylation sites (tertiary alicyclic amines) is 1. The van der Waals surface area contributed by atoms with Crippen molar-refractivity contribution in [1.82, 2.24) is 9.88 Å². The largest absolute Gasteiger partial charge is 0.497 e. The quantitative estimate of drug-likeness (QED) is 0.394. The Morgan fingerprint density at radius 3 is 2.68 bits per heavy atom. The first-order valence-electron chi connectivity index (χ1n) is 13.4. The Hall–Kier alpha value is -2.93. The lowest BCUT2D eigenvalue weighted by Crippen LogP contribution is -2.41. The smallest absolute Gasteiger partial charge is 0.163 e. The molecule has 6 nitrogen and oxygen atoms in total. The molecule has 2 aromatic carbocycles. The summed E-state index contributed by atoms with van der Waals surface area (Å²) in [5, 5.41) is 11.5. The lowest BCUT2D eigenvalue weighted by atomic mass is 9.76. The van der Waals surface area contributed by atoms with Crippen molar-refractivity contribution in [3.8, 4) is 11.5 Å². The molecular formula is C31H35ClN2O4. The van der Waals surface area contributed by atoms with Crippen LogP contribution in [0, 0.1) is 5.92 Å². The number of fused-ring (bicyclic) bond motifs is 2. The first-order chi connectivity index (χ1) is 18.4. The summed E-state index contributed by atoms with van der Waals surface area (Å²) in [6.45, 7) is 3.95. The Morgan fingerprint density at radius 2 is 1.92 bits per heavy atom. The number of aliphatic hydroxyl groups excluding tert-OH is 1. The maximum absolute atomic E-state index is 12.0. The van der Waals surface area contributed by atoms with Crippen molar-refractivity contribution in [3.05, 3.63) is 87.7 Å². The number of hydrogen-bond donors (Lipinski definition) is 1. The number of aliphatic hydroxyl groups is 1. The average molecular weight is 535 g/mol. The summed E-state index contributed by atoms with van der Waals surface area (Å²) in [5.41, 5.74) is 5.72. The number of halogens is 1. The van der Waals surface area contributed by atoms with Crippen LogP contribution in [0.4, 0.5) is 0 Å². The Labute approximate surface area is 229 Å². The molecule has 0 bridgehead atoms. The molecule has 1 N–H and O–H groups in total. The summed E-state index contributed by atoms with van der Waals surface area (Å²) in [6, 6.07) is 15.7. The highest BCUT2D eigenvalue weighted by Gasteiger charge is 2.34. The van der Waals surface area contributed by atoms with Gasteiger partial charge in [-0.3, -0.25) is 9.78 Å². The van der Waals surface area contributed by atoms with Gasteiger partial charge in [-0.15, -0.1) is 0 Å². The molecule has 7 heteroatoms. The molecule has 1 fully saturated rings. The number of nitrogens with zero attached hydrogens (tertiary/aromatic N) is 2. The third-order valence-electron chi connectivity index (χ3n) is 7.90. The summed E-state index contributed by atoms with van der Waals surface area (Å²) in [6.07, 6.45) is 5.27. The van der Waals surface area contributed by atoms with E-state index in [1.807, 2.05) is 18.3 Å². The molecule has 1 saturated heterocycles. The van der Waals surface area contributed by atoms with Gasteiger partial charge in [0.05, 0.1) is 18.4 Å². The van der Waals surface area contributed by atoms with Crippen molar-refractivity contribution in [2.75, 3.05) is 33.4 Å². The van der Waals surface area contributed by atoms with Crippen LogP contribution < -0.4 is 9.47 Å². The van der Waals surface area contributed by atoms with Crippen LogP contribution in [0.5, 0.6) is 11.5 Å². The van der Waals surface area contributed by atoms with Crippen LogP contribution >= 0.6 is 11.6 Å². The minimum atomic E-state index is -0.666. The van der Waals surface area contributed by atoms with E-state index < -0.39 is 6.10 Å². The van der Waals surface area contributed by atoms with Gasteiger partial charge in [-0.05, 0) is 98.6 Å². The fourth-order valence-electron chi connectivity index (χ4n) is 5.98. The molecule has 2 atom stereocenters. The molecule has 1 aliphatic heterocycles. The summed E-state index contributed by atoms with van der Waals surface area (Å²) in [4.78, 5) is 19.2. The van der Waals surface area contributed by atoms with E-state index >= 15 is 0 Å². The number of piperidine rings is 1. The van der Waals surface area contributed by atoms with Crippen molar-refractivity contribution in [3.63, 3.8) is 0 Å². The predicted octanol–water partition coefficient (Wildman–Crippen LogP) is 5.33. The summed E-state index contributed by atoms with van der Waals surface area (Å²) in [5.74, 6) is 1.70. The number of hydrogen-bond acceptors (Lipinski definition) is 6. The van der Waals surface area contributed by atoms with E-state index in [1.165, 1.54) is 29.3 Å². The van der Waals surface area contributed by atoms with E-state index in [0.29, 0.717) is 29.5 Å². The van der Waals surface area contributed by atoms with E-state index in [0.717, 1.165) is 43.8 Å². The second kappa shape index (κ2) is 11.9. The Kier molecular flexibility index (Phi) is 8.32. The number of aryl methyl sites for hydroxylation is 2. The fourth-order valence-corrected chi connectivity index (χ4v) is 6.17. The van der Waals surface area contributed by atoms with Gasteiger partial charge in [-0.2, -0.15) is 0 Å². The van der Waals surface area contributed by atoms with Gasteiger partial charge in [0.15, 0.2) is 5.78 Å². The molecule has 2 heterocycles. The number of rotatable bonds is 8. The van der Waals surface area contributed by atoms with Gasteiger partial charge in [-0.1, -0.05) is 23.7 Å². The summed E-state index contributed by atoms with van der Waals surface area (Å²) >= 11 is 6.37. The highest BCUT2D eigenvalue weighted by molar-refractivity contribution is 6.30. The molecule has 0 saturated carbocycles. The molecule has 2 unspecified atom stereocenters. The number of β-amino-alcohol motifs (C(OH)–C–C–N with tert-alkyl or cyclic N) is 1. The lowest BCUT2D eigenvalue weighted by molar-refractivity contribution is 0.0532. The van der Waals surface area contributed by atoms with Crippen LogP contribution in [0.1, 0.15) is 58.4 Å². The zero-order valence-corrected chi connectivity index (χ0v) is 22.8. The average Bonchev–Trinajstić information content (AvgIpc) is 3.08. The number of carbonyl (C=O) groups is 1. The van der Waals surface area contributed by atoms with Crippen molar-refractivity contribution in [2.45, 2.75) is 44.6 Å². The third kappa shape index (κ3) is 5.88. The molecule has 0 radical (unpaired) electrons. The molecule has 0 spiro atoms. The first-order valence-corrected chi connectivity index (χ1v) is 13.7. The summed E-state index contributed by atoms with van der Waals surface area (Å²) < 4.78 is 11.1. The minimum absolute atomic E-state index is 0.0855. The van der Waals surface area contributed by atoms with E-state index in [1.54, 1.807) is 25.3 Å². The number of carbonyl (C=O) groups excluding carboxylic acids is 1. The molecular weight excluding hydrogens is 500 g/mol. The molecule has 2 aliphatic rings. The van der Waals surface area contributed by atoms with Crippen LogP contribution in [-0.4, -0.2) is 60.2 Å². The second-order valence-corrected chi connectivity index (χ2v) is 10.8. The van der Waals surface area contributed by atoms with Crippen LogP contribution in [-0.2, 0) is 12.8 Å². The third-order valence-corrected chi connectivity index (χ3v) is 8.13. The molecule has 5 rings (SSSR count). The monoisotopic (exact) mass is 534 g/mol. The Balaban J connectivity index is 1.23. The first kappa shape index (κ1) is 26.7. The number of aromatic nitrogens is 1. The second-order valence-electron chi connectivity index (χ2n) is 10.4. The topological polar surface area (TPSA) is 71.9 Å². The van der Waals surface area contributed by atoms with Gasteiger partial charge >= 0.3 is 0 Å². The fraction of sp³-hybridized carbons (Fsp3) is 0.419. The van der Waals surface area contributed by atoms with Gasteiger partial charge in [-0.25, -0.2) is 0 Å². The van der Waals surface area contributed by atoms with Crippen molar-refractivity contribution in [2.24, 2.45) is 5.92 Å². The number of methoxy groups -OCH3 is 1. The Bertz CT molecular complexity index is 1290. The van der Waals surface area contributed by atoms with Crippen molar-refractivity contribution in [1.29, 1.82) is 0 Å². The van der Waals surface area contributed by atoms with Gasteiger partial charge in [0.2, 0.25) is 0 Å². The van der Waals surface area contributed by atoms with Gasteiger partial charge < -0.3 is 19.5 Å². The zero-order chi connectivity index (χ0) is 26.6. The van der Waals surface area contributed by atoms with Crippen LogP contribution in [0.3, 0.4) is 0 Å². The van der Waals surface area contributed by atoms with Crippen LogP contribution in [0.15, 0.2) is 54.7 Å². The maximum Gasteiger partial charge on any atom is 0.163 e. The van der Waals surface area contributed by atoms with E-state index in [9.17, 15) is 9.90 Å². The highest BCUT2D eigenvalue weighted by Crippen LogP contribution is 2.42. The van der Waals surface area contributed by atoms with E-state index in [4.69, 9.17) is 26.1 Å². The van der Waals surface area contributed by atoms with E-state index in [2.05, 4.69) is 23.1 Å². The normalized spacial score (nSPS) is 18.7. The van der Waals surface area contributed by atoms with Crippen LogP contribution in [0.2, 0.25) is 5.02 Å². The predicted molar refractivity (Wildman–Crippen MR) is 149 cm³/mol. The molecule has 200 valence electrons. The van der Waals surface area contributed by atoms with Crippen LogP contribution in [0.25, 0.3) is 0 Å². The molecule has 3 aromatic rings. The summed E-state index contributed by atoms with van der Waals surface area (Å²) in [7, 11) is 1.57. The lowest BCUT2D eigenvalue weighted by Gasteiger charge is -2.37. The molecule has 38 heavy (non-hydrogen) atoms. The molecule has 0 amide bonds. The SMILES string of the molecule is COc1ccc(C(C)=O)c(OCC(O)CN2CCC(C3c4ccc(Cl)cc4CCc4cccnc43)CC2)c1. The molecule has 1 aliphatic carbocycles. The van der Waals surface area contributed by atoms with Crippen molar-refractivity contribution >= 4 is 17.4 Å². The number of benzene rings is 2. The number of ether oxygens (including phenoxy) is 2. The van der Waals surface area contributed by atoms with Gasteiger partial charge in [0.25, 0.3) is 0 Å². The standard InChI is InChI=1S/C31H35ClN2O4/c1-20(35)27-10-8-26(37-2)17-29(27)38-19-25(36)18-34-14-11-21(12-15-34)30-28-9-7-24(32)16-23(28)6-5-22-4-3-13-33-31(22)30/h3-4,7-10,13,16-17,21,25,30,36H,5-6,11-12,14-15,18-19H2,1-2H3. The minimum Gasteiger partial charge on any atom is -0.497 e. The zero-order valence-electron chi connectivity index (χ0n) is 22.0. The van der Waals surface area contributed by atoms with Crippen molar-refractivity contribution < 1.29 is 19.4 Å². The number of Topliss-reactive ketones (excluding diaryl/α,β-unsaturated/α-hetero) is 1. The van der Waals surface area contributed by atoms with Gasteiger partial charge in [0, 0.05) is 29.7 Å².